The van der Waals surface area contributed by atoms with Gasteiger partial charge >= 0.3 is 6.09 Å². The van der Waals surface area contributed by atoms with E-state index < -0.39 is 17.7 Å². The van der Waals surface area contributed by atoms with Gasteiger partial charge in [0.1, 0.15) is 5.60 Å². The molecule has 5 nitrogen and oxygen atoms in total. The van der Waals surface area contributed by atoms with E-state index in [9.17, 15) is 4.79 Å². The normalized spacial score (nSPS) is 13.1. The summed E-state index contributed by atoms with van der Waals surface area (Å²) in [6.45, 7) is 9.30. The minimum Gasteiger partial charge on any atom is -0.444 e. The summed E-state index contributed by atoms with van der Waals surface area (Å²) >= 11 is 0. The Balaban J connectivity index is 4.22. The molecule has 0 aromatic rings. The summed E-state index contributed by atoms with van der Waals surface area (Å²) in [6.07, 6.45) is -0.00850. The molecule has 1 atom stereocenters. The third-order valence-corrected chi connectivity index (χ3v) is 1.83. The molecule has 0 fully saturated rings. The van der Waals surface area contributed by atoms with E-state index in [1.807, 2.05) is 0 Å². The van der Waals surface area contributed by atoms with Crippen LogP contribution in [0.5, 0.6) is 0 Å². The number of carbonyl (C=O) groups is 1. The molecule has 0 spiro atoms. The first-order valence-electron chi connectivity index (χ1n) is 5.28. The van der Waals surface area contributed by atoms with Crippen molar-refractivity contribution in [2.75, 3.05) is 13.2 Å². The van der Waals surface area contributed by atoms with Gasteiger partial charge in [-0.05, 0) is 33.7 Å². The number of nitrogens with one attached hydrogen (secondary N) is 1. The van der Waals surface area contributed by atoms with Crippen molar-refractivity contribution in [3.63, 3.8) is 0 Å². The molecule has 5 heteroatoms. The highest BCUT2D eigenvalue weighted by molar-refractivity contribution is 5.68. The lowest BCUT2D eigenvalue weighted by atomic mass is 10.1. The van der Waals surface area contributed by atoms with Crippen LogP contribution in [-0.2, 0) is 4.74 Å². The number of aliphatic hydroxyl groups excluding tert-OH is 1. The van der Waals surface area contributed by atoms with Crippen LogP contribution in [0, 0.1) is 0 Å². The lowest BCUT2D eigenvalue weighted by Gasteiger charge is -2.23. The zero-order chi connectivity index (χ0) is 12.8. The summed E-state index contributed by atoms with van der Waals surface area (Å²) < 4.78 is 5.06. The van der Waals surface area contributed by atoms with Crippen molar-refractivity contribution in [2.24, 2.45) is 5.73 Å². The molecule has 16 heavy (non-hydrogen) atoms. The van der Waals surface area contributed by atoms with Gasteiger partial charge in [-0.2, -0.15) is 0 Å². The third-order valence-electron chi connectivity index (χ3n) is 1.83. The number of nitrogens with two attached hydrogens (primary N) is 1. The van der Waals surface area contributed by atoms with Crippen molar-refractivity contribution in [1.29, 1.82) is 0 Å². The molecular formula is C11H22N2O3. The topological polar surface area (TPSA) is 84.6 Å². The van der Waals surface area contributed by atoms with Gasteiger partial charge in [-0.1, -0.05) is 12.2 Å². The van der Waals surface area contributed by atoms with Gasteiger partial charge in [-0.25, -0.2) is 4.79 Å². The van der Waals surface area contributed by atoms with Crippen LogP contribution >= 0.6 is 0 Å². The molecule has 94 valence electrons. The Kier molecular flexibility index (Phi) is 6.06. The van der Waals surface area contributed by atoms with Crippen LogP contribution < -0.4 is 11.1 Å². The van der Waals surface area contributed by atoms with Crippen LogP contribution in [0.3, 0.4) is 0 Å². The van der Waals surface area contributed by atoms with Crippen molar-refractivity contribution in [2.45, 2.75) is 38.8 Å². The Hall–Kier alpha value is -1.07. The number of rotatable bonds is 5. The van der Waals surface area contributed by atoms with Crippen molar-refractivity contribution in [3.8, 4) is 0 Å². The van der Waals surface area contributed by atoms with Crippen molar-refractivity contribution < 1.29 is 14.6 Å². The second-order valence-electron chi connectivity index (χ2n) is 4.58. The predicted octanol–water partition coefficient (Wildman–Crippen LogP) is 0.777. The molecule has 0 heterocycles. The van der Waals surface area contributed by atoms with Crippen LogP contribution in [0.2, 0.25) is 0 Å². The van der Waals surface area contributed by atoms with Crippen molar-refractivity contribution >= 4 is 6.09 Å². The first-order valence-corrected chi connectivity index (χ1v) is 5.28. The molecule has 0 saturated heterocycles. The van der Waals surface area contributed by atoms with E-state index in [0.717, 1.165) is 0 Å². The number of hydrogen-bond acceptors (Lipinski definition) is 4. The average molecular weight is 230 g/mol. The lowest BCUT2D eigenvalue weighted by Crippen LogP contribution is -2.42. The van der Waals surface area contributed by atoms with Gasteiger partial charge in [0.15, 0.2) is 0 Å². The number of aliphatic hydroxyl groups is 1. The molecule has 0 rings (SSSR count). The highest BCUT2D eigenvalue weighted by Gasteiger charge is 2.20. The highest BCUT2D eigenvalue weighted by atomic mass is 16.6. The van der Waals surface area contributed by atoms with Gasteiger partial charge in [-0.3, -0.25) is 0 Å². The predicted molar refractivity (Wildman–Crippen MR) is 63.1 cm³/mol. The summed E-state index contributed by atoms with van der Waals surface area (Å²) in [4.78, 5) is 11.4. The minimum absolute atomic E-state index is 0.210. The van der Waals surface area contributed by atoms with Crippen LogP contribution in [0.15, 0.2) is 12.2 Å². The summed E-state index contributed by atoms with van der Waals surface area (Å²) in [5.74, 6) is 0. The van der Waals surface area contributed by atoms with Crippen LogP contribution in [-0.4, -0.2) is 36.0 Å². The Bertz CT molecular complexity index is 246. The molecule has 4 N–H and O–H groups in total. The van der Waals surface area contributed by atoms with Crippen LogP contribution in [0.25, 0.3) is 0 Å². The monoisotopic (exact) mass is 230 g/mol. The first-order chi connectivity index (χ1) is 7.30. The van der Waals surface area contributed by atoms with Gasteiger partial charge in [0.2, 0.25) is 0 Å². The largest absolute Gasteiger partial charge is 0.444 e. The molecule has 0 aliphatic carbocycles. The highest BCUT2D eigenvalue weighted by Crippen LogP contribution is 2.09. The lowest BCUT2D eigenvalue weighted by molar-refractivity contribution is 0.0494. The summed E-state index contributed by atoms with van der Waals surface area (Å²) in [6, 6.07) is -0.501. The van der Waals surface area contributed by atoms with E-state index in [-0.39, 0.29) is 6.61 Å². The fourth-order valence-electron chi connectivity index (χ4n) is 1.09. The second-order valence-corrected chi connectivity index (χ2v) is 4.58. The molecule has 0 aromatic heterocycles. The van der Waals surface area contributed by atoms with E-state index in [2.05, 4.69) is 11.9 Å². The van der Waals surface area contributed by atoms with Gasteiger partial charge in [-0.15, -0.1) is 0 Å². The summed E-state index contributed by atoms with van der Waals surface area (Å²) in [7, 11) is 0. The molecule has 0 aromatic carbocycles. The maximum atomic E-state index is 11.4. The quantitative estimate of drug-likeness (QED) is 0.609. The summed E-state index contributed by atoms with van der Waals surface area (Å²) in [5.41, 5.74) is 5.50. The maximum Gasteiger partial charge on any atom is 0.408 e. The molecule has 1 amide bonds. The number of hydrogen-bond donors (Lipinski definition) is 3. The SMILES string of the molecule is C=C(CCN)[C@H](CO)NC(=O)OC(C)(C)C. The Morgan fingerprint density at radius 1 is 1.56 bits per heavy atom. The van der Waals surface area contributed by atoms with E-state index >= 15 is 0 Å². The Morgan fingerprint density at radius 2 is 2.12 bits per heavy atom. The van der Waals surface area contributed by atoms with E-state index in [1.54, 1.807) is 20.8 Å². The van der Waals surface area contributed by atoms with Crippen LogP contribution in [0.4, 0.5) is 4.79 Å². The molecular weight excluding hydrogens is 208 g/mol. The third kappa shape index (κ3) is 6.42. The minimum atomic E-state index is -0.565. The van der Waals surface area contributed by atoms with Crippen molar-refractivity contribution in [3.05, 3.63) is 12.2 Å². The molecule has 0 radical (unpaired) electrons. The molecule has 0 saturated carbocycles. The standard InChI is InChI=1S/C11H22N2O3/c1-8(5-6-12)9(7-14)13-10(15)16-11(2,3)4/h9,14H,1,5-7,12H2,2-4H3,(H,13,15)/t9-/m0/s1. The van der Waals surface area contributed by atoms with Crippen molar-refractivity contribution in [1.82, 2.24) is 5.32 Å². The number of ether oxygens (including phenoxy) is 1. The molecule has 0 aliphatic rings. The average Bonchev–Trinajstić information content (AvgIpc) is 2.11. The Labute approximate surface area is 96.7 Å². The fraction of sp³-hybridized carbons (Fsp3) is 0.727. The van der Waals surface area contributed by atoms with Gasteiger partial charge in [0, 0.05) is 0 Å². The fourth-order valence-corrected chi connectivity index (χ4v) is 1.09. The number of amides is 1. The molecule has 0 bridgehead atoms. The van der Waals surface area contributed by atoms with Gasteiger partial charge < -0.3 is 20.9 Å². The number of carbonyl (C=O) groups excluding carboxylic acids is 1. The van der Waals surface area contributed by atoms with E-state index in [1.165, 1.54) is 0 Å². The maximum absolute atomic E-state index is 11.4. The first kappa shape index (κ1) is 14.9. The molecule has 0 unspecified atom stereocenters. The second kappa shape index (κ2) is 6.50. The van der Waals surface area contributed by atoms with E-state index in [4.69, 9.17) is 15.6 Å². The number of alkyl carbamates (subject to hydrolysis) is 1. The molecule has 0 aliphatic heterocycles. The van der Waals surface area contributed by atoms with E-state index in [0.29, 0.717) is 18.5 Å². The smallest absolute Gasteiger partial charge is 0.408 e. The van der Waals surface area contributed by atoms with Gasteiger partial charge in [0.05, 0.1) is 12.6 Å². The van der Waals surface area contributed by atoms with Gasteiger partial charge in [0.25, 0.3) is 0 Å². The van der Waals surface area contributed by atoms with Crippen LogP contribution in [0.1, 0.15) is 27.2 Å². The summed E-state index contributed by atoms with van der Waals surface area (Å²) in [5, 5.41) is 11.6. The zero-order valence-corrected chi connectivity index (χ0v) is 10.2. The zero-order valence-electron chi connectivity index (χ0n) is 10.2. The Morgan fingerprint density at radius 3 is 2.50 bits per heavy atom.